The Hall–Kier alpha value is -3.56. The summed E-state index contributed by atoms with van der Waals surface area (Å²) in [5.41, 5.74) is 5.59. The van der Waals surface area contributed by atoms with Gasteiger partial charge >= 0.3 is 0 Å². The van der Waals surface area contributed by atoms with Crippen LogP contribution in [0.1, 0.15) is 21.6 Å². The monoisotopic (exact) mass is 398 g/mol. The third-order valence-electron chi connectivity index (χ3n) is 4.58. The Morgan fingerprint density at radius 2 is 1.69 bits per heavy atom. The van der Waals surface area contributed by atoms with Crippen LogP contribution >= 0.6 is 11.8 Å². The Balaban J connectivity index is 1.77. The second-order valence-corrected chi connectivity index (χ2v) is 7.64. The van der Waals surface area contributed by atoms with E-state index in [1.165, 1.54) is 0 Å². The standard InChI is InChI=1S/C23H18N4OS/c1-15-3-6-17(7-4-15)21-22(27-13-16(2)5-12-20(27)26-21)23(28)25-18-8-10-19(11-9-18)29-14-24/h3-13H,1-2H3,(H,25,28). The van der Waals surface area contributed by atoms with Crippen LogP contribution in [0.3, 0.4) is 0 Å². The van der Waals surface area contributed by atoms with Gasteiger partial charge in [0, 0.05) is 22.3 Å². The molecule has 0 bridgehead atoms. The molecule has 2 aromatic heterocycles. The van der Waals surface area contributed by atoms with Gasteiger partial charge in [-0.2, -0.15) is 5.26 Å². The summed E-state index contributed by atoms with van der Waals surface area (Å²) in [5.74, 6) is -0.237. The molecule has 0 spiro atoms. The summed E-state index contributed by atoms with van der Waals surface area (Å²) >= 11 is 1.08. The Labute approximate surface area is 173 Å². The van der Waals surface area contributed by atoms with Gasteiger partial charge < -0.3 is 5.32 Å². The van der Waals surface area contributed by atoms with Crippen LogP contribution in [0.25, 0.3) is 16.9 Å². The molecule has 142 valence electrons. The first-order chi connectivity index (χ1) is 14.0. The number of benzene rings is 2. The number of imidazole rings is 1. The number of carbonyl (C=O) groups excluding carboxylic acids is 1. The summed E-state index contributed by atoms with van der Waals surface area (Å²) in [6.07, 6.45) is 1.92. The molecule has 5 nitrogen and oxygen atoms in total. The predicted molar refractivity (Wildman–Crippen MR) is 116 cm³/mol. The maximum atomic E-state index is 13.2. The van der Waals surface area contributed by atoms with Gasteiger partial charge in [-0.15, -0.1) is 0 Å². The van der Waals surface area contributed by atoms with Gasteiger partial charge in [-0.25, -0.2) is 4.98 Å². The average molecular weight is 398 g/mol. The number of hydrogen-bond donors (Lipinski definition) is 1. The molecule has 1 N–H and O–H groups in total. The molecule has 0 saturated heterocycles. The number of aryl methyl sites for hydroxylation is 2. The molecular weight excluding hydrogens is 380 g/mol. The van der Waals surface area contributed by atoms with Crippen LogP contribution in [0.4, 0.5) is 5.69 Å². The largest absolute Gasteiger partial charge is 0.321 e. The van der Waals surface area contributed by atoms with E-state index in [1.54, 1.807) is 12.1 Å². The molecule has 4 aromatic rings. The van der Waals surface area contributed by atoms with Gasteiger partial charge in [0.2, 0.25) is 0 Å². The van der Waals surface area contributed by atoms with Crippen molar-refractivity contribution >= 4 is 29.0 Å². The summed E-state index contributed by atoms with van der Waals surface area (Å²) in [6.45, 7) is 4.01. The van der Waals surface area contributed by atoms with E-state index >= 15 is 0 Å². The highest BCUT2D eigenvalue weighted by Crippen LogP contribution is 2.27. The molecule has 2 aromatic carbocycles. The smallest absolute Gasteiger partial charge is 0.274 e. The highest BCUT2D eigenvalue weighted by Gasteiger charge is 2.21. The highest BCUT2D eigenvalue weighted by atomic mass is 32.2. The maximum Gasteiger partial charge on any atom is 0.274 e. The Morgan fingerprint density at radius 3 is 2.38 bits per heavy atom. The molecule has 0 saturated carbocycles. The summed E-state index contributed by atoms with van der Waals surface area (Å²) < 4.78 is 1.83. The summed E-state index contributed by atoms with van der Waals surface area (Å²) in [5, 5.41) is 13.8. The number of thioether (sulfide) groups is 1. The number of hydrogen-bond acceptors (Lipinski definition) is 4. The lowest BCUT2D eigenvalue weighted by molar-refractivity contribution is 0.102. The molecule has 0 unspecified atom stereocenters. The van der Waals surface area contributed by atoms with Crippen molar-refractivity contribution in [2.45, 2.75) is 18.7 Å². The second kappa shape index (κ2) is 7.82. The molecule has 29 heavy (non-hydrogen) atoms. The topological polar surface area (TPSA) is 70.2 Å². The zero-order valence-corrected chi connectivity index (χ0v) is 16.8. The van der Waals surface area contributed by atoms with Crippen molar-refractivity contribution in [1.29, 1.82) is 5.26 Å². The number of rotatable bonds is 4. The Kier molecular flexibility index (Phi) is 5.07. The van der Waals surface area contributed by atoms with Gasteiger partial charge in [-0.3, -0.25) is 9.20 Å². The van der Waals surface area contributed by atoms with Crippen molar-refractivity contribution in [3.63, 3.8) is 0 Å². The van der Waals surface area contributed by atoms with Crippen LogP contribution in [0.2, 0.25) is 0 Å². The molecule has 0 fully saturated rings. The molecule has 0 aliphatic rings. The number of thiocyanates is 1. The molecule has 0 aliphatic heterocycles. The van der Waals surface area contributed by atoms with Crippen molar-refractivity contribution in [2.24, 2.45) is 0 Å². The molecule has 0 aliphatic carbocycles. The molecule has 4 rings (SSSR count). The van der Waals surface area contributed by atoms with Crippen LogP contribution in [0.15, 0.2) is 71.8 Å². The fraction of sp³-hybridized carbons (Fsp3) is 0.0870. The van der Waals surface area contributed by atoms with Gasteiger partial charge in [-0.1, -0.05) is 35.9 Å². The van der Waals surface area contributed by atoms with Crippen molar-refractivity contribution in [3.05, 3.63) is 83.7 Å². The first-order valence-corrected chi connectivity index (χ1v) is 9.90. The predicted octanol–water partition coefficient (Wildman–Crippen LogP) is 5.44. The van der Waals surface area contributed by atoms with Crippen LogP contribution in [0.5, 0.6) is 0 Å². The number of nitrogens with zero attached hydrogens (tertiary/aromatic N) is 3. The van der Waals surface area contributed by atoms with Crippen molar-refractivity contribution in [1.82, 2.24) is 9.38 Å². The number of fused-ring (bicyclic) bond motifs is 1. The number of nitriles is 1. The molecular formula is C23H18N4OS. The third-order valence-corrected chi connectivity index (χ3v) is 5.18. The Morgan fingerprint density at radius 1 is 1.00 bits per heavy atom. The van der Waals surface area contributed by atoms with Gasteiger partial charge in [0.15, 0.2) is 0 Å². The first-order valence-electron chi connectivity index (χ1n) is 9.08. The molecule has 2 heterocycles. The van der Waals surface area contributed by atoms with Gasteiger partial charge in [0.25, 0.3) is 5.91 Å². The van der Waals surface area contributed by atoms with E-state index in [0.29, 0.717) is 17.1 Å². The molecule has 0 radical (unpaired) electrons. The average Bonchev–Trinajstić information content (AvgIpc) is 3.09. The molecule has 0 atom stereocenters. The lowest BCUT2D eigenvalue weighted by Crippen LogP contribution is -2.15. The second-order valence-electron chi connectivity index (χ2n) is 6.78. The third kappa shape index (κ3) is 3.86. The van der Waals surface area contributed by atoms with E-state index in [1.807, 2.05) is 78.4 Å². The molecule has 1 amide bonds. The summed E-state index contributed by atoms with van der Waals surface area (Å²) in [6, 6.07) is 19.1. The number of anilines is 1. The van der Waals surface area contributed by atoms with Gasteiger partial charge in [0.05, 0.1) is 0 Å². The lowest BCUT2D eigenvalue weighted by Gasteiger charge is -2.08. The highest BCUT2D eigenvalue weighted by molar-refractivity contribution is 8.03. The zero-order chi connectivity index (χ0) is 20.4. The fourth-order valence-electron chi connectivity index (χ4n) is 3.13. The first kappa shape index (κ1) is 18.8. The zero-order valence-electron chi connectivity index (χ0n) is 16.0. The minimum absolute atomic E-state index is 0.237. The van der Waals surface area contributed by atoms with Crippen LogP contribution in [-0.2, 0) is 0 Å². The fourth-order valence-corrected chi connectivity index (χ4v) is 3.51. The van der Waals surface area contributed by atoms with Crippen molar-refractivity contribution in [3.8, 4) is 16.7 Å². The van der Waals surface area contributed by atoms with E-state index in [0.717, 1.165) is 39.0 Å². The molecule has 6 heteroatoms. The van der Waals surface area contributed by atoms with Gasteiger partial charge in [0.1, 0.15) is 22.4 Å². The number of amides is 1. The minimum atomic E-state index is -0.237. The minimum Gasteiger partial charge on any atom is -0.321 e. The normalized spacial score (nSPS) is 10.7. The number of pyridine rings is 1. The number of aromatic nitrogens is 2. The SMILES string of the molecule is Cc1ccc(-c2nc3ccc(C)cn3c2C(=O)Nc2ccc(SC#N)cc2)cc1. The van der Waals surface area contributed by atoms with E-state index in [4.69, 9.17) is 10.2 Å². The van der Waals surface area contributed by atoms with E-state index in [2.05, 4.69) is 5.32 Å². The Bertz CT molecular complexity index is 1240. The quantitative estimate of drug-likeness (QED) is 0.367. The van der Waals surface area contributed by atoms with Crippen LogP contribution in [-0.4, -0.2) is 15.3 Å². The van der Waals surface area contributed by atoms with E-state index in [9.17, 15) is 4.79 Å². The number of nitrogens with one attached hydrogen (secondary N) is 1. The van der Waals surface area contributed by atoms with Crippen LogP contribution in [0, 0.1) is 24.5 Å². The van der Waals surface area contributed by atoms with E-state index in [-0.39, 0.29) is 5.91 Å². The van der Waals surface area contributed by atoms with Crippen molar-refractivity contribution in [2.75, 3.05) is 5.32 Å². The number of carbonyl (C=O) groups is 1. The maximum absolute atomic E-state index is 13.2. The van der Waals surface area contributed by atoms with Crippen molar-refractivity contribution < 1.29 is 4.79 Å². The van der Waals surface area contributed by atoms with Crippen LogP contribution < -0.4 is 5.32 Å². The van der Waals surface area contributed by atoms with Gasteiger partial charge in [-0.05, 0) is 61.5 Å². The summed E-state index contributed by atoms with van der Waals surface area (Å²) in [7, 11) is 0. The summed E-state index contributed by atoms with van der Waals surface area (Å²) in [4.78, 5) is 18.8. The van der Waals surface area contributed by atoms with E-state index < -0.39 is 0 Å². The lowest BCUT2D eigenvalue weighted by atomic mass is 10.1.